The first-order valence-corrected chi connectivity index (χ1v) is 7.35. The number of carbonyl (C=O) groups excluding carboxylic acids is 1. The summed E-state index contributed by atoms with van der Waals surface area (Å²) in [6.45, 7) is 9.34. The van der Waals surface area contributed by atoms with E-state index >= 15 is 0 Å². The summed E-state index contributed by atoms with van der Waals surface area (Å²) in [5.74, 6) is 6.24. The predicted molar refractivity (Wildman–Crippen MR) is 86.0 cm³/mol. The Labute approximate surface area is 127 Å². The van der Waals surface area contributed by atoms with Gasteiger partial charge in [-0.3, -0.25) is 4.79 Å². The molecule has 0 spiro atoms. The Kier molecular flexibility index (Phi) is 6.45. The lowest BCUT2D eigenvalue weighted by molar-refractivity contribution is 0.0925. The van der Waals surface area contributed by atoms with Gasteiger partial charge in [0.25, 0.3) is 5.91 Å². The SMILES string of the molecule is CC(C)C(C)(C)CNC(=O)c1ccc(C#CCCO)cc1. The van der Waals surface area contributed by atoms with Gasteiger partial charge in [0.1, 0.15) is 0 Å². The molecule has 2 N–H and O–H groups in total. The number of hydrogen-bond acceptors (Lipinski definition) is 2. The molecule has 0 fully saturated rings. The van der Waals surface area contributed by atoms with Gasteiger partial charge in [-0.2, -0.15) is 0 Å². The summed E-state index contributed by atoms with van der Waals surface area (Å²) in [7, 11) is 0. The predicted octanol–water partition coefficient (Wildman–Crippen LogP) is 2.83. The van der Waals surface area contributed by atoms with Crippen LogP contribution in [0.25, 0.3) is 0 Å². The van der Waals surface area contributed by atoms with Crippen LogP contribution < -0.4 is 5.32 Å². The van der Waals surface area contributed by atoms with Crippen molar-refractivity contribution in [3.63, 3.8) is 0 Å². The second-order valence-corrected chi connectivity index (χ2v) is 6.18. The van der Waals surface area contributed by atoms with Gasteiger partial charge in [0.2, 0.25) is 0 Å². The number of nitrogens with one attached hydrogen (secondary N) is 1. The van der Waals surface area contributed by atoms with Gasteiger partial charge in [0.15, 0.2) is 0 Å². The van der Waals surface area contributed by atoms with Crippen molar-refractivity contribution in [2.75, 3.05) is 13.2 Å². The van der Waals surface area contributed by atoms with Gasteiger partial charge >= 0.3 is 0 Å². The van der Waals surface area contributed by atoms with E-state index in [9.17, 15) is 4.79 Å². The van der Waals surface area contributed by atoms with E-state index in [1.807, 2.05) is 12.1 Å². The van der Waals surface area contributed by atoms with Gasteiger partial charge in [-0.05, 0) is 35.6 Å². The van der Waals surface area contributed by atoms with Crippen LogP contribution in [0.15, 0.2) is 24.3 Å². The molecule has 3 heteroatoms. The van der Waals surface area contributed by atoms with E-state index in [4.69, 9.17) is 5.11 Å². The molecule has 0 bridgehead atoms. The summed E-state index contributed by atoms with van der Waals surface area (Å²) in [5, 5.41) is 11.7. The topological polar surface area (TPSA) is 49.3 Å². The highest BCUT2D eigenvalue weighted by atomic mass is 16.2. The van der Waals surface area contributed by atoms with E-state index in [1.54, 1.807) is 12.1 Å². The van der Waals surface area contributed by atoms with Crippen molar-refractivity contribution in [2.45, 2.75) is 34.1 Å². The lowest BCUT2D eigenvalue weighted by Crippen LogP contribution is -2.36. The second kappa shape index (κ2) is 7.85. The maximum Gasteiger partial charge on any atom is 0.251 e. The Morgan fingerprint density at radius 1 is 1.29 bits per heavy atom. The van der Waals surface area contributed by atoms with Crippen LogP contribution in [0.2, 0.25) is 0 Å². The molecule has 21 heavy (non-hydrogen) atoms. The third-order valence-electron chi connectivity index (χ3n) is 3.88. The van der Waals surface area contributed by atoms with Crippen LogP contribution in [0.1, 0.15) is 50.0 Å². The van der Waals surface area contributed by atoms with Crippen molar-refractivity contribution in [1.82, 2.24) is 5.32 Å². The van der Waals surface area contributed by atoms with E-state index in [-0.39, 0.29) is 17.9 Å². The van der Waals surface area contributed by atoms with Gasteiger partial charge in [-0.25, -0.2) is 0 Å². The van der Waals surface area contributed by atoms with Gasteiger partial charge in [0.05, 0.1) is 6.61 Å². The number of aliphatic hydroxyl groups excluding tert-OH is 1. The van der Waals surface area contributed by atoms with E-state index in [2.05, 4.69) is 44.9 Å². The summed E-state index contributed by atoms with van der Waals surface area (Å²) in [5.41, 5.74) is 1.57. The lowest BCUT2D eigenvalue weighted by atomic mass is 9.81. The van der Waals surface area contributed by atoms with Crippen molar-refractivity contribution < 1.29 is 9.90 Å². The fourth-order valence-corrected chi connectivity index (χ4v) is 1.54. The zero-order valence-corrected chi connectivity index (χ0v) is 13.4. The Morgan fingerprint density at radius 2 is 1.90 bits per heavy atom. The molecular formula is C18H25NO2. The molecule has 114 valence electrons. The van der Waals surface area contributed by atoms with Crippen LogP contribution in [0.4, 0.5) is 0 Å². The quantitative estimate of drug-likeness (QED) is 0.818. The van der Waals surface area contributed by atoms with Crippen LogP contribution >= 0.6 is 0 Å². The maximum absolute atomic E-state index is 12.1. The molecule has 3 nitrogen and oxygen atoms in total. The molecule has 0 aromatic heterocycles. The molecule has 0 atom stereocenters. The minimum Gasteiger partial charge on any atom is -0.395 e. The third-order valence-corrected chi connectivity index (χ3v) is 3.88. The van der Waals surface area contributed by atoms with Crippen molar-refractivity contribution in [1.29, 1.82) is 0 Å². The molecule has 1 rings (SSSR count). The number of aliphatic hydroxyl groups is 1. The first kappa shape index (κ1) is 17.3. The molecule has 0 radical (unpaired) electrons. The zero-order valence-electron chi connectivity index (χ0n) is 13.4. The van der Waals surface area contributed by atoms with E-state index < -0.39 is 0 Å². The fourth-order valence-electron chi connectivity index (χ4n) is 1.54. The maximum atomic E-state index is 12.1. The minimum absolute atomic E-state index is 0.0569. The zero-order chi connectivity index (χ0) is 15.9. The van der Waals surface area contributed by atoms with Gasteiger partial charge in [-0.15, -0.1) is 0 Å². The monoisotopic (exact) mass is 287 g/mol. The highest BCUT2D eigenvalue weighted by Crippen LogP contribution is 2.24. The molecule has 0 saturated carbocycles. The highest BCUT2D eigenvalue weighted by Gasteiger charge is 2.23. The normalized spacial score (nSPS) is 11.0. The van der Waals surface area contributed by atoms with E-state index in [0.29, 0.717) is 24.4 Å². The number of benzene rings is 1. The number of carbonyl (C=O) groups is 1. The van der Waals surface area contributed by atoms with Gasteiger partial charge in [-0.1, -0.05) is 39.5 Å². The van der Waals surface area contributed by atoms with Crippen LogP contribution in [0, 0.1) is 23.2 Å². The van der Waals surface area contributed by atoms with Crippen molar-refractivity contribution >= 4 is 5.91 Å². The first-order chi connectivity index (χ1) is 9.86. The second-order valence-electron chi connectivity index (χ2n) is 6.18. The molecule has 1 aromatic carbocycles. The molecule has 0 aliphatic carbocycles. The average molecular weight is 287 g/mol. The highest BCUT2D eigenvalue weighted by molar-refractivity contribution is 5.94. The van der Waals surface area contributed by atoms with Gasteiger partial charge < -0.3 is 10.4 Å². The van der Waals surface area contributed by atoms with Crippen LogP contribution in [-0.4, -0.2) is 24.2 Å². The Balaban J connectivity index is 2.62. The summed E-state index contributed by atoms with van der Waals surface area (Å²) in [6, 6.07) is 7.21. The third kappa shape index (κ3) is 5.61. The minimum atomic E-state index is -0.0569. The van der Waals surface area contributed by atoms with Crippen LogP contribution in [0.3, 0.4) is 0 Å². The van der Waals surface area contributed by atoms with Crippen molar-refractivity contribution in [2.24, 2.45) is 11.3 Å². The standard InChI is InChI=1S/C18H25NO2/c1-14(2)18(3,4)13-19-17(21)16-10-8-15(9-11-16)7-5-6-12-20/h8-11,14,20H,6,12-13H2,1-4H3,(H,19,21). The van der Waals surface area contributed by atoms with Crippen molar-refractivity contribution in [3.8, 4) is 11.8 Å². The summed E-state index contributed by atoms with van der Waals surface area (Å²) >= 11 is 0. The molecule has 1 aromatic rings. The smallest absolute Gasteiger partial charge is 0.251 e. The van der Waals surface area contributed by atoms with Crippen LogP contribution in [0.5, 0.6) is 0 Å². The summed E-state index contributed by atoms with van der Waals surface area (Å²) < 4.78 is 0. The lowest BCUT2D eigenvalue weighted by Gasteiger charge is -2.29. The van der Waals surface area contributed by atoms with Gasteiger partial charge in [0, 0.05) is 24.1 Å². The largest absolute Gasteiger partial charge is 0.395 e. The molecule has 0 heterocycles. The molecule has 0 saturated heterocycles. The van der Waals surface area contributed by atoms with Crippen LogP contribution in [-0.2, 0) is 0 Å². The average Bonchev–Trinajstić information content (AvgIpc) is 2.45. The summed E-state index contributed by atoms with van der Waals surface area (Å²) in [4.78, 5) is 12.1. The molecule has 1 amide bonds. The van der Waals surface area contributed by atoms with Crippen molar-refractivity contribution in [3.05, 3.63) is 35.4 Å². The Hall–Kier alpha value is -1.79. The first-order valence-electron chi connectivity index (χ1n) is 7.35. The number of hydrogen-bond donors (Lipinski definition) is 2. The number of rotatable bonds is 5. The van der Waals surface area contributed by atoms with E-state index in [0.717, 1.165) is 5.56 Å². The molecule has 0 aliphatic heterocycles. The number of amides is 1. The Bertz CT molecular complexity index is 518. The molecular weight excluding hydrogens is 262 g/mol. The van der Waals surface area contributed by atoms with E-state index in [1.165, 1.54) is 0 Å². The molecule has 0 unspecified atom stereocenters. The Morgan fingerprint density at radius 3 is 2.43 bits per heavy atom. The summed E-state index contributed by atoms with van der Waals surface area (Å²) in [6.07, 6.45) is 0.465. The fraction of sp³-hybridized carbons (Fsp3) is 0.500. The molecule has 0 aliphatic rings.